The van der Waals surface area contributed by atoms with Gasteiger partial charge < -0.3 is 13.6 Å². The van der Waals surface area contributed by atoms with Crippen LogP contribution >= 0.6 is 0 Å². The van der Waals surface area contributed by atoms with Crippen LogP contribution in [0.2, 0.25) is 6.04 Å². The Morgan fingerprint density at radius 1 is 0.542 bits per heavy atom. The van der Waals surface area contributed by atoms with Gasteiger partial charge in [0.25, 0.3) is 0 Å². The Kier molecular flexibility index (Phi) is 12.2. The van der Waals surface area contributed by atoms with Crippen molar-refractivity contribution in [3.05, 3.63) is 0 Å². The minimum Gasteiger partial charge on any atom is -0.373 e. The van der Waals surface area contributed by atoms with Crippen LogP contribution in [0.3, 0.4) is 0 Å². The lowest BCUT2D eigenvalue weighted by molar-refractivity contribution is 0.0662. The van der Waals surface area contributed by atoms with Gasteiger partial charge in [0.2, 0.25) is 0 Å². The molecule has 0 fully saturated rings. The van der Waals surface area contributed by atoms with E-state index in [1.165, 1.54) is 0 Å². The summed E-state index contributed by atoms with van der Waals surface area (Å²) in [6.07, 6.45) is 5.01. The van der Waals surface area contributed by atoms with E-state index in [0.717, 1.165) is 55.7 Å². The third kappa shape index (κ3) is 7.94. The van der Waals surface area contributed by atoms with Crippen LogP contribution in [-0.2, 0) is 13.6 Å². The molecule has 0 aliphatic carbocycles. The summed E-state index contributed by atoms with van der Waals surface area (Å²) in [5.74, 6) is 0. The predicted octanol–water partition coefficient (Wildman–Crippen LogP) is 5.52. The largest absolute Gasteiger partial charge is 0.762 e. The normalized spacial score (nSPS) is 10.6. The third-order valence-electron chi connectivity index (χ3n) is 3.82. The summed E-state index contributed by atoms with van der Waals surface area (Å²) in [6, 6.07) is 0.547. The fraction of sp³-hybridized carbons (Fsp3) is 0.824. The molecule has 0 unspecified atom stereocenters. The third-order valence-corrected chi connectivity index (χ3v) is 5.80. The van der Waals surface area contributed by atoms with Crippen molar-refractivity contribution < 1.29 is 13.6 Å². The Hall–Kier alpha value is -1.37. The van der Waals surface area contributed by atoms with Crippen LogP contribution in [0.5, 0.6) is 0 Å². The zero-order valence-electron chi connectivity index (χ0n) is 16.5. The van der Waals surface area contributed by atoms with Crippen LogP contribution in [0.1, 0.15) is 87.0 Å². The van der Waals surface area contributed by atoms with Gasteiger partial charge in [-0.15, -0.1) is 15.5 Å². The van der Waals surface area contributed by atoms with Crippen LogP contribution in [0.25, 0.3) is 0 Å². The minimum absolute atomic E-state index is 0.547. The van der Waals surface area contributed by atoms with Gasteiger partial charge in [-0.25, -0.2) is 0 Å². The highest BCUT2D eigenvalue weighted by Crippen LogP contribution is 2.19. The quantitative estimate of drug-likeness (QED) is 0.247. The Bertz CT molecular complexity index is 359. The molecule has 0 N–H and O–H groups in total. The van der Waals surface area contributed by atoms with Gasteiger partial charge in [-0.1, -0.05) is 48.5 Å². The summed E-state index contributed by atoms with van der Waals surface area (Å²) in [7, 11) is -3.12. The number of rotatable bonds is 13. The second-order valence-electron chi connectivity index (χ2n) is 5.40. The van der Waals surface area contributed by atoms with Crippen LogP contribution in [0, 0.1) is 0 Å². The van der Waals surface area contributed by atoms with Gasteiger partial charge in [0, 0.05) is 0 Å². The van der Waals surface area contributed by atoms with E-state index >= 15 is 0 Å². The van der Waals surface area contributed by atoms with Crippen molar-refractivity contribution in [3.8, 4) is 0 Å². The van der Waals surface area contributed by atoms with Crippen molar-refractivity contribution in [3.63, 3.8) is 0 Å². The molecule has 0 bridgehead atoms. The molecule has 0 heterocycles. The van der Waals surface area contributed by atoms with Crippen molar-refractivity contribution >= 4 is 25.9 Å². The lowest BCUT2D eigenvalue weighted by atomic mass is 10.2. The first-order chi connectivity index (χ1) is 11.5. The number of oxime groups is 3. The lowest BCUT2D eigenvalue weighted by Gasteiger charge is -2.21. The monoisotopic (exact) mass is 357 g/mol. The van der Waals surface area contributed by atoms with Gasteiger partial charge in [-0.2, -0.15) is 0 Å². The molecule has 0 aliphatic rings. The maximum atomic E-state index is 5.77. The smallest absolute Gasteiger partial charge is 0.373 e. The molecule has 0 aromatic carbocycles. The minimum atomic E-state index is -3.12. The van der Waals surface area contributed by atoms with E-state index in [0.29, 0.717) is 6.04 Å². The molecular formula is C17H35N3O3Si. The number of hydrogen-bond acceptors (Lipinski definition) is 6. The molecule has 0 atom stereocenters. The first-order valence-electron chi connectivity index (χ1n) is 9.26. The molecule has 0 aromatic rings. The predicted molar refractivity (Wildman–Crippen MR) is 104 cm³/mol. The van der Waals surface area contributed by atoms with E-state index < -0.39 is 8.80 Å². The zero-order chi connectivity index (χ0) is 18.4. The standard InChI is InChI=1S/C17H35N3O3Si/c1-8-15(9-2)18-21-24(14-7,22-19-16(10-3)11-4)23-20-17(12-5)13-6/h8-14H2,1-7H3. The average molecular weight is 358 g/mol. The van der Waals surface area contributed by atoms with E-state index in [-0.39, 0.29) is 0 Å². The zero-order valence-corrected chi connectivity index (χ0v) is 17.5. The Morgan fingerprint density at radius 2 is 0.792 bits per heavy atom. The summed E-state index contributed by atoms with van der Waals surface area (Å²) in [4.78, 5) is 0. The summed E-state index contributed by atoms with van der Waals surface area (Å²) in [6.45, 7) is 14.3. The van der Waals surface area contributed by atoms with Crippen molar-refractivity contribution in [2.75, 3.05) is 0 Å². The molecule has 0 radical (unpaired) electrons. The number of nitrogens with zero attached hydrogens (tertiary/aromatic N) is 3. The van der Waals surface area contributed by atoms with E-state index in [1.54, 1.807) is 0 Å². The van der Waals surface area contributed by atoms with Crippen LogP contribution in [-0.4, -0.2) is 25.9 Å². The molecule has 0 saturated heterocycles. The summed E-state index contributed by atoms with van der Waals surface area (Å²) < 4.78 is 17.3. The van der Waals surface area contributed by atoms with Gasteiger partial charge in [-0.05, 0) is 38.5 Å². The molecule has 7 heteroatoms. The van der Waals surface area contributed by atoms with E-state index in [1.807, 2.05) is 6.92 Å². The molecule has 0 saturated carbocycles. The molecule has 140 valence electrons. The maximum Gasteiger partial charge on any atom is 0.762 e. The highest BCUT2D eigenvalue weighted by molar-refractivity contribution is 6.60. The summed E-state index contributed by atoms with van der Waals surface area (Å²) >= 11 is 0. The van der Waals surface area contributed by atoms with Crippen molar-refractivity contribution in [2.24, 2.45) is 15.5 Å². The first-order valence-corrected chi connectivity index (χ1v) is 11.2. The van der Waals surface area contributed by atoms with Crippen LogP contribution in [0.4, 0.5) is 0 Å². The van der Waals surface area contributed by atoms with Crippen molar-refractivity contribution in [1.29, 1.82) is 0 Å². The van der Waals surface area contributed by atoms with E-state index in [9.17, 15) is 0 Å². The van der Waals surface area contributed by atoms with E-state index in [4.69, 9.17) is 13.6 Å². The molecule has 0 amide bonds. The topological polar surface area (TPSA) is 64.8 Å². The summed E-state index contributed by atoms with van der Waals surface area (Å²) in [5, 5.41) is 12.8. The molecule has 0 spiro atoms. The fourth-order valence-electron chi connectivity index (χ4n) is 1.78. The first kappa shape index (κ1) is 22.6. The van der Waals surface area contributed by atoms with Crippen molar-refractivity contribution in [2.45, 2.75) is 93.0 Å². The average Bonchev–Trinajstić information content (AvgIpc) is 2.63. The Balaban J connectivity index is 5.45. The van der Waals surface area contributed by atoms with Gasteiger partial charge in [0.05, 0.1) is 23.2 Å². The lowest BCUT2D eigenvalue weighted by Crippen LogP contribution is -2.41. The van der Waals surface area contributed by atoms with Gasteiger partial charge in [-0.3, -0.25) is 0 Å². The molecule has 0 rings (SSSR count). The Morgan fingerprint density at radius 3 is 0.958 bits per heavy atom. The van der Waals surface area contributed by atoms with Gasteiger partial charge in [0.1, 0.15) is 0 Å². The SMILES string of the molecule is CCC(CC)=NO[Si](CC)(ON=C(CC)CC)ON=C(CC)CC. The van der Waals surface area contributed by atoms with Gasteiger partial charge in [0.15, 0.2) is 0 Å². The van der Waals surface area contributed by atoms with Crippen molar-refractivity contribution in [1.82, 2.24) is 0 Å². The van der Waals surface area contributed by atoms with Gasteiger partial charge >= 0.3 is 8.80 Å². The fourth-order valence-corrected chi connectivity index (χ4v) is 3.08. The second-order valence-corrected chi connectivity index (χ2v) is 8.03. The molecule has 24 heavy (non-hydrogen) atoms. The van der Waals surface area contributed by atoms with E-state index in [2.05, 4.69) is 57.0 Å². The maximum absolute atomic E-state index is 5.77. The highest BCUT2D eigenvalue weighted by atomic mass is 28.4. The summed E-state index contributed by atoms with van der Waals surface area (Å²) in [5.41, 5.74) is 2.91. The molecule has 0 aromatic heterocycles. The highest BCUT2D eigenvalue weighted by Gasteiger charge is 2.50. The molecule has 0 aliphatic heterocycles. The molecular weight excluding hydrogens is 322 g/mol. The van der Waals surface area contributed by atoms with Crippen LogP contribution in [0.15, 0.2) is 15.5 Å². The number of hydrogen-bond donors (Lipinski definition) is 0. The molecule has 6 nitrogen and oxygen atoms in total. The Labute approximate surface area is 148 Å². The van der Waals surface area contributed by atoms with Crippen LogP contribution < -0.4 is 0 Å². The second kappa shape index (κ2) is 13.0.